The molecule has 158 valence electrons. The van der Waals surface area contributed by atoms with Gasteiger partial charge in [-0.05, 0) is 55.7 Å². The molecular weight excluding hydrogens is 378 g/mol. The number of unbranched alkanes of at least 4 members (excludes halogenated alkanes) is 1. The fourth-order valence-corrected chi connectivity index (χ4v) is 3.38. The van der Waals surface area contributed by atoms with Gasteiger partial charge in [0.1, 0.15) is 0 Å². The molecule has 0 atom stereocenters. The summed E-state index contributed by atoms with van der Waals surface area (Å²) in [5, 5.41) is 1.09. The van der Waals surface area contributed by atoms with Gasteiger partial charge in [-0.25, -0.2) is 0 Å². The highest BCUT2D eigenvalue weighted by Crippen LogP contribution is 2.39. The van der Waals surface area contributed by atoms with E-state index >= 15 is 0 Å². The molecule has 0 fully saturated rings. The van der Waals surface area contributed by atoms with Crippen LogP contribution in [0.3, 0.4) is 0 Å². The number of Topliss-reactive ketones (excluding diaryl/α,β-unsaturated/α-hetero) is 1. The van der Waals surface area contributed by atoms with E-state index in [1.54, 1.807) is 26.4 Å². The van der Waals surface area contributed by atoms with Crippen LogP contribution in [0.25, 0.3) is 17.0 Å². The Morgan fingerprint density at radius 2 is 1.80 bits per heavy atom. The fourth-order valence-electron chi connectivity index (χ4n) is 3.38. The van der Waals surface area contributed by atoms with Gasteiger partial charge >= 0.3 is 0 Å². The molecule has 0 radical (unpaired) electrons. The minimum atomic E-state index is -0.0897. The number of methoxy groups -OCH3 is 2. The Bertz CT molecular complexity index is 1050. The smallest absolute Gasteiger partial charge is 0.203 e. The van der Waals surface area contributed by atoms with Crippen molar-refractivity contribution in [1.29, 1.82) is 0 Å². The Balaban J connectivity index is 1.93. The maximum Gasteiger partial charge on any atom is 0.203 e. The second-order valence-corrected chi connectivity index (χ2v) is 7.36. The van der Waals surface area contributed by atoms with Crippen molar-refractivity contribution < 1.29 is 19.0 Å². The summed E-state index contributed by atoms with van der Waals surface area (Å²) >= 11 is 0. The van der Waals surface area contributed by atoms with Crippen LogP contribution in [0.5, 0.6) is 17.2 Å². The van der Waals surface area contributed by atoms with Gasteiger partial charge in [-0.3, -0.25) is 4.79 Å². The van der Waals surface area contributed by atoms with Gasteiger partial charge in [0.15, 0.2) is 17.3 Å². The van der Waals surface area contributed by atoms with Crippen molar-refractivity contribution >= 4 is 22.8 Å². The van der Waals surface area contributed by atoms with Crippen LogP contribution >= 0.6 is 0 Å². The minimum absolute atomic E-state index is 0.0897. The van der Waals surface area contributed by atoms with E-state index in [1.807, 2.05) is 19.2 Å². The predicted octanol–water partition coefficient (Wildman–Crippen LogP) is 5.96. The summed E-state index contributed by atoms with van der Waals surface area (Å²) in [6.45, 7) is 6.54. The molecule has 5 nitrogen and oxygen atoms in total. The number of ketones is 1. The molecule has 3 aromatic rings. The van der Waals surface area contributed by atoms with Crippen molar-refractivity contribution in [3.05, 3.63) is 58.8 Å². The SMILES string of the molecule is CCCCOc1c(OC)cc(C(=O)/C(C)=C/c2c[nH]c3cc(C)ccc23)cc1OC. The largest absolute Gasteiger partial charge is 0.493 e. The molecule has 0 spiro atoms. The number of H-pyrrole nitrogens is 1. The number of carbonyl (C=O) groups is 1. The molecule has 0 saturated carbocycles. The molecule has 0 saturated heterocycles. The second-order valence-electron chi connectivity index (χ2n) is 7.36. The van der Waals surface area contributed by atoms with Crippen LogP contribution in [-0.4, -0.2) is 31.6 Å². The van der Waals surface area contributed by atoms with Crippen LogP contribution in [0.2, 0.25) is 0 Å². The third-order valence-electron chi connectivity index (χ3n) is 5.07. The zero-order valence-corrected chi connectivity index (χ0v) is 18.3. The van der Waals surface area contributed by atoms with Crippen molar-refractivity contribution in [3.63, 3.8) is 0 Å². The topological polar surface area (TPSA) is 60.5 Å². The van der Waals surface area contributed by atoms with Crippen LogP contribution in [0.4, 0.5) is 0 Å². The lowest BCUT2D eigenvalue weighted by molar-refractivity contribution is 0.103. The van der Waals surface area contributed by atoms with Gasteiger partial charge in [0.05, 0.1) is 20.8 Å². The number of benzene rings is 2. The van der Waals surface area contributed by atoms with E-state index in [9.17, 15) is 4.79 Å². The fraction of sp³-hybridized carbons (Fsp3) is 0.320. The number of fused-ring (bicyclic) bond motifs is 1. The highest BCUT2D eigenvalue weighted by Gasteiger charge is 2.19. The molecule has 30 heavy (non-hydrogen) atoms. The average molecular weight is 408 g/mol. The summed E-state index contributed by atoms with van der Waals surface area (Å²) in [4.78, 5) is 16.4. The van der Waals surface area contributed by atoms with Crippen molar-refractivity contribution in [3.8, 4) is 17.2 Å². The lowest BCUT2D eigenvalue weighted by Crippen LogP contribution is -2.05. The van der Waals surface area contributed by atoms with Crippen molar-refractivity contribution in [1.82, 2.24) is 4.98 Å². The summed E-state index contributed by atoms with van der Waals surface area (Å²) in [6.07, 6.45) is 5.78. The zero-order valence-electron chi connectivity index (χ0n) is 18.3. The molecular formula is C25H29NO4. The first-order valence-corrected chi connectivity index (χ1v) is 10.2. The maximum atomic E-state index is 13.1. The highest BCUT2D eigenvalue weighted by molar-refractivity contribution is 6.12. The number of rotatable bonds is 9. The van der Waals surface area contributed by atoms with Gasteiger partial charge in [0, 0.05) is 28.2 Å². The molecule has 1 N–H and O–H groups in total. The third-order valence-corrected chi connectivity index (χ3v) is 5.07. The number of ether oxygens (including phenoxy) is 3. The van der Waals surface area contributed by atoms with Gasteiger partial charge in [0.2, 0.25) is 5.75 Å². The predicted molar refractivity (Wildman–Crippen MR) is 121 cm³/mol. The number of carbonyl (C=O) groups excluding carboxylic acids is 1. The van der Waals surface area contributed by atoms with Gasteiger partial charge in [0.25, 0.3) is 0 Å². The monoisotopic (exact) mass is 407 g/mol. The van der Waals surface area contributed by atoms with Crippen LogP contribution in [0.15, 0.2) is 42.1 Å². The Labute approximate surface area is 177 Å². The number of aromatic nitrogens is 1. The van der Waals surface area contributed by atoms with E-state index in [-0.39, 0.29) is 5.78 Å². The number of aromatic amines is 1. The molecule has 0 aliphatic heterocycles. The van der Waals surface area contributed by atoms with E-state index in [4.69, 9.17) is 14.2 Å². The highest BCUT2D eigenvalue weighted by atomic mass is 16.5. The van der Waals surface area contributed by atoms with Gasteiger partial charge in [-0.1, -0.05) is 25.5 Å². The first-order valence-electron chi connectivity index (χ1n) is 10.2. The van der Waals surface area contributed by atoms with Gasteiger partial charge in [-0.15, -0.1) is 0 Å². The summed E-state index contributed by atoms with van der Waals surface area (Å²) in [5.41, 5.74) is 4.34. The first-order chi connectivity index (χ1) is 14.5. The molecule has 0 unspecified atom stereocenters. The molecule has 5 heteroatoms. The van der Waals surface area contributed by atoms with E-state index in [0.29, 0.717) is 35.0 Å². The zero-order chi connectivity index (χ0) is 21.7. The molecule has 0 aliphatic rings. The summed E-state index contributed by atoms with van der Waals surface area (Å²) < 4.78 is 16.8. The quantitative estimate of drug-likeness (QED) is 0.270. The van der Waals surface area contributed by atoms with Crippen molar-refractivity contribution in [2.75, 3.05) is 20.8 Å². The van der Waals surface area contributed by atoms with Gasteiger partial charge in [-0.2, -0.15) is 0 Å². The minimum Gasteiger partial charge on any atom is -0.493 e. The molecule has 2 aromatic carbocycles. The standard InChI is InChI=1S/C25H29NO4/c1-6-7-10-30-25-22(28-4)13-18(14-23(25)29-5)24(27)17(3)12-19-15-26-21-11-16(2)8-9-20(19)21/h8-9,11-15,26H,6-7,10H2,1-5H3/b17-12+. The average Bonchev–Trinajstić information content (AvgIpc) is 3.14. The summed E-state index contributed by atoms with van der Waals surface area (Å²) in [6, 6.07) is 9.65. The Morgan fingerprint density at radius 3 is 2.43 bits per heavy atom. The number of allylic oxidation sites excluding steroid dienone is 1. The van der Waals surface area contributed by atoms with E-state index in [0.717, 1.165) is 29.3 Å². The molecule has 0 aliphatic carbocycles. The Kier molecular flexibility index (Phi) is 6.83. The molecule has 1 heterocycles. The first kappa shape index (κ1) is 21.5. The van der Waals surface area contributed by atoms with Gasteiger partial charge < -0.3 is 19.2 Å². The van der Waals surface area contributed by atoms with E-state index < -0.39 is 0 Å². The normalized spacial score (nSPS) is 11.6. The number of nitrogens with one attached hydrogen (secondary N) is 1. The van der Waals surface area contributed by atoms with Crippen LogP contribution in [0.1, 0.15) is 48.2 Å². The van der Waals surface area contributed by atoms with Crippen molar-refractivity contribution in [2.45, 2.75) is 33.6 Å². The van der Waals surface area contributed by atoms with Crippen LogP contribution in [0, 0.1) is 6.92 Å². The number of hydrogen-bond acceptors (Lipinski definition) is 4. The molecule has 0 amide bonds. The Hall–Kier alpha value is -3.21. The molecule has 0 bridgehead atoms. The Morgan fingerprint density at radius 1 is 1.10 bits per heavy atom. The molecule has 3 rings (SSSR count). The molecule has 1 aromatic heterocycles. The lowest BCUT2D eigenvalue weighted by atomic mass is 10.0. The van der Waals surface area contributed by atoms with E-state index in [1.165, 1.54) is 5.56 Å². The van der Waals surface area contributed by atoms with E-state index in [2.05, 4.69) is 37.0 Å². The summed E-state index contributed by atoms with van der Waals surface area (Å²) in [5.74, 6) is 1.42. The number of hydrogen-bond donors (Lipinski definition) is 1. The maximum absolute atomic E-state index is 13.1. The van der Waals surface area contributed by atoms with Crippen LogP contribution < -0.4 is 14.2 Å². The number of aryl methyl sites for hydroxylation is 1. The lowest BCUT2D eigenvalue weighted by Gasteiger charge is -2.16. The summed E-state index contributed by atoms with van der Waals surface area (Å²) in [7, 11) is 3.12. The van der Waals surface area contributed by atoms with Crippen LogP contribution in [-0.2, 0) is 0 Å². The second kappa shape index (κ2) is 9.53. The third kappa shape index (κ3) is 4.51. The van der Waals surface area contributed by atoms with Crippen molar-refractivity contribution in [2.24, 2.45) is 0 Å².